The standard InChI is InChI=1S/C14H12N2S4/c17-13(11-7-3-1-4-8-11)15-19-20-16-14(18)12-9-5-2-6-10-12/h1-10H,(H,15,17)(H,16,18). The molecule has 102 valence electrons. The summed E-state index contributed by atoms with van der Waals surface area (Å²) >= 11 is 10.6. The Bertz CT molecular complexity index is 519. The molecule has 0 aliphatic carbocycles. The van der Waals surface area contributed by atoms with Crippen LogP contribution < -0.4 is 9.44 Å². The predicted octanol–water partition coefficient (Wildman–Crippen LogP) is 4.13. The van der Waals surface area contributed by atoms with Crippen molar-refractivity contribution in [2.24, 2.45) is 0 Å². The highest BCUT2D eigenvalue weighted by Crippen LogP contribution is 2.15. The summed E-state index contributed by atoms with van der Waals surface area (Å²) in [5, 5.41) is 0. The largest absolute Gasteiger partial charge is 0.310 e. The molecule has 20 heavy (non-hydrogen) atoms. The summed E-state index contributed by atoms with van der Waals surface area (Å²) in [4.78, 5) is 1.41. The molecule has 2 aromatic carbocycles. The van der Waals surface area contributed by atoms with Crippen LogP contribution in [-0.4, -0.2) is 9.98 Å². The van der Waals surface area contributed by atoms with Crippen LogP contribution in [0, 0.1) is 0 Å². The van der Waals surface area contributed by atoms with Gasteiger partial charge in [-0.05, 0) is 0 Å². The molecular weight excluding hydrogens is 324 g/mol. The van der Waals surface area contributed by atoms with Gasteiger partial charge in [-0.3, -0.25) is 0 Å². The monoisotopic (exact) mass is 336 g/mol. The number of benzene rings is 2. The molecule has 0 heterocycles. The van der Waals surface area contributed by atoms with Gasteiger partial charge in [0.15, 0.2) is 0 Å². The van der Waals surface area contributed by atoms with Gasteiger partial charge in [-0.15, -0.1) is 0 Å². The summed E-state index contributed by atoms with van der Waals surface area (Å²) in [5.41, 5.74) is 2.00. The number of thiocarbonyl (C=S) groups is 2. The Morgan fingerprint density at radius 3 is 1.35 bits per heavy atom. The zero-order chi connectivity index (χ0) is 14.2. The molecule has 0 saturated heterocycles. The van der Waals surface area contributed by atoms with Crippen LogP contribution in [0.2, 0.25) is 0 Å². The van der Waals surface area contributed by atoms with Gasteiger partial charge >= 0.3 is 0 Å². The Balaban J connectivity index is 1.72. The fourth-order valence-corrected chi connectivity index (χ4v) is 3.47. The summed E-state index contributed by atoms with van der Waals surface area (Å²) in [5.74, 6) is 0. The third-order valence-electron chi connectivity index (χ3n) is 2.38. The molecule has 0 atom stereocenters. The van der Waals surface area contributed by atoms with Gasteiger partial charge in [-0.25, -0.2) is 0 Å². The maximum absolute atomic E-state index is 5.29. The quantitative estimate of drug-likeness (QED) is 0.369. The van der Waals surface area contributed by atoms with E-state index in [1.807, 2.05) is 60.7 Å². The topological polar surface area (TPSA) is 24.1 Å². The Hall–Kier alpha value is -1.08. The number of nitrogens with one attached hydrogen (secondary N) is 2. The van der Waals surface area contributed by atoms with E-state index in [1.165, 1.54) is 22.0 Å². The van der Waals surface area contributed by atoms with E-state index in [2.05, 4.69) is 9.44 Å². The highest BCUT2D eigenvalue weighted by Gasteiger charge is 2.02. The lowest BCUT2D eigenvalue weighted by molar-refractivity contribution is 1.53. The van der Waals surface area contributed by atoms with Crippen LogP contribution in [0.25, 0.3) is 0 Å². The second-order valence-corrected chi connectivity index (χ2v) is 6.32. The Labute approximate surface area is 137 Å². The van der Waals surface area contributed by atoms with E-state index < -0.39 is 0 Å². The summed E-state index contributed by atoms with van der Waals surface area (Å²) in [7, 11) is 2.81. The first kappa shape index (κ1) is 15.3. The van der Waals surface area contributed by atoms with Gasteiger partial charge in [0, 0.05) is 33.1 Å². The van der Waals surface area contributed by atoms with Crippen LogP contribution in [0.3, 0.4) is 0 Å². The van der Waals surface area contributed by atoms with Crippen molar-refractivity contribution in [1.82, 2.24) is 9.44 Å². The molecule has 0 unspecified atom stereocenters. The first-order valence-electron chi connectivity index (χ1n) is 5.80. The van der Waals surface area contributed by atoms with Crippen molar-refractivity contribution in [1.29, 1.82) is 0 Å². The number of rotatable bonds is 5. The predicted molar refractivity (Wildman–Crippen MR) is 97.7 cm³/mol. The fraction of sp³-hybridized carbons (Fsp3) is 0. The molecule has 0 bridgehead atoms. The van der Waals surface area contributed by atoms with Crippen molar-refractivity contribution in [2.45, 2.75) is 0 Å². The second-order valence-electron chi connectivity index (χ2n) is 3.76. The van der Waals surface area contributed by atoms with E-state index in [9.17, 15) is 0 Å². The molecule has 0 aromatic heterocycles. The van der Waals surface area contributed by atoms with Gasteiger partial charge in [0.1, 0.15) is 9.98 Å². The molecule has 6 heteroatoms. The smallest absolute Gasteiger partial charge is 0.117 e. The Kier molecular flexibility index (Phi) is 6.32. The lowest BCUT2D eigenvalue weighted by Gasteiger charge is -2.08. The first-order chi connectivity index (χ1) is 9.77. The fourth-order valence-electron chi connectivity index (χ4n) is 1.41. The van der Waals surface area contributed by atoms with Crippen LogP contribution in [0.15, 0.2) is 60.7 Å². The molecule has 0 spiro atoms. The van der Waals surface area contributed by atoms with E-state index in [0.29, 0.717) is 9.98 Å². The third kappa shape index (κ3) is 4.79. The molecule has 0 radical (unpaired) electrons. The molecule has 0 fully saturated rings. The zero-order valence-corrected chi connectivity index (χ0v) is 13.7. The van der Waals surface area contributed by atoms with Crippen LogP contribution in [0.1, 0.15) is 11.1 Å². The van der Waals surface area contributed by atoms with Gasteiger partial charge in [-0.1, -0.05) is 85.1 Å². The van der Waals surface area contributed by atoms with Gasteiger partial charge in [0.25, 0.3) is 0 Å². The van der Waals surface area contributed by atoms with E-state index in [1.54, 1.807) is 0 Å². The summed E-state index contributed by atoms with van der Waals surface area (Å²) in [6.07, 6.45) is 0. The van der Waals surface area contributed by atoms with Crippen molar-refractivity contribution in [3.05, 3.63) is 71.8 Å². The van der Waals surface area contributed by atoms with Crippen molar-refractivity contribution >= 4 is 56.4 Å². The van der Waals surface area contributed by atoms with Crippen LogP contribution in [-0.2, 0) is 0 Å². The third-order valence-corrected chi connectivity index (χ3v) is 4.72. The highest BCUT2D eigenvalue weighted by molar-refractivity contribution is 8.75. The molecular formula is C14H12N2S4. The molecule has 2 nitrogen and oxygen atoms in total. The average molecular weight is 337 g/mol. The van der Waals surface area contributed by atoms with E-state index in [4.69, 9.17) is 24.4 Å². The van der Waals surface area contributed by atoms with Crippen molar-refractivity contribution in [2.75, 3.05) is 0 Å². The minimum atomic E-state index is 0.704. The molecule has 0 aliphatic heterocycles. The number of hydrogen-bond acceptors (Lipinski definition) is 4. The van der Waals surface area contributed by atoms with Gasteiger partial charge in [-0.2, -0.15) is 0 Å². The van der Waals surface area contributed by atoms with Gasteiger partial charge in [0.2, 0.25) is 0 Å². The van der Waals surface area contributed by atoms with E-state index in [0.717, 1.165) is 11.1 Å². The highest BCUT2D eigenvalue weighted by atomic mass is 33.1. The van der Waals surface area contributed by atoms with Crippen LogP contribution in [0.5, 0.6) is 0 Å². The molecule has 0 amide bonds. The summed E-state index contributed by atoms with van der Waals surface area (Å²) < 4.78 is 6.19. The first-order valence-corrected chi connectivity index (χ1v) is 8.77. The summed E-state index contributed by atoms with van der Waals surface area (Å²) in [6, 6.07) is 19.7. The van der Waals surface area contributed by atoms with Crippen molar-refractivity contribution in [3.8, 4) is 0 Å². The molecule has 2 aromatic rings. The molecule has 2 rings (SSSR count). The molecule has 0 aliphatic rings. The van der Waals surface area contributed by atoms with Gasteiger partial charge < -0.3 is 9.44 Å². The van der Waals surface area contributed by atoms with Gasteiger partial charge in [0.05, 0.1) is 0 Å². The normalized spacial score (nSPS) is 9.80. The Morgan fingerprint density at radius 2 is 1.00 bits per heavy atom. The summed E-state index contributed by atoms with van der Waals surface area (Å²) in [6.45, 7) is 0. The maximum atomic E-state index is 5.29. The number of hydrogen-bond donors (Lipinski definition) is 2. The van der Waals surface area contributed by atoms with Crippen molar-refractivity contribution < 1.29 is 0 Å². The molecule has 2 N–H and O–H groups in total. The molecule has 0 saturated carbocycles. The minimum Gasteiger partial charge on any atom is -0.310 e. The average Bonchev–Trinajstić information content (AvgIpc) is 2.53. The lowest BCUT2D eigenvalue weighted by atomic mass is 10.2. The second kappa shape index (κ2) is 8.26. The lowest BCUT2D eigenvalue weighted by Crippen LogP contribution is -2.17. The van der Waals surface area contributed by atoms with Crippen LogP contribution in [0.4, 0.5) is 0 Å². The zero-order valence-electron chi connectivity index (χ0n) is 10.4. The van der Waals surface area contributed by atoms with Crippen LogP contribution >= 0.6 is 46.4 Å². The SMILES string of the molecule is S=C(NSSNC(=S)c1ccccc1)c1ccccc1. The Morgan fingerprint density at radius 1 is 0.650 bits per heavy atom. The van der Waals surface area contributed by atoms with E-state index >= 15 is 0 Å². The van der Waals surface area contributed by atoms with E-state index in [-0.39, 0.29) is 0 Å². The minimum absolute atomic E-state index is 0.704. The maximum Gasteiger partial charge on any atom is 0.117 e. The van der Waals surface area contributed by atoms with Crippen molar-refractivity contribution in [3.63, 3.8) is 0 Å².